The topological polar surface area (TPSA) is 58.5 Å². The molecule has 0 fully saturated rings. The Kier molecular flexibility index (Phi) is 3.74. The molecule has 0 aliphatic heterocycles. The Morgan fingerprint density at radius 2 is 2.00 bits per heavy atom. The third-order valence-corrected chi connectivity index (χ3v) is 2.37. The van der Waals surface area contributed by atoms with Crippen LogP contribution in [0, 0.1) is 0 Å². The van der Waals surface area contributed by atoms with Gasteiger partial charge >= 0.3 is 0 Å². The van der Waals surface area contributed by atoms with Gasteiger partial charge in [0.25, 0.3) is 0 Å². The number of anilines is 1. The van der Waals surface area contributed by atoms with E-state index in [4.69, 9.17) is 4.74 Å². The molecule has 0 atom stereocenters. The van der Waals surface area contributed by atoms with E-state index in [0.717, 1.165) is 5.56 Å². The molecule has 5 heteroatoms. The second-order valence-electron chi connectivity index (χ2n) is 3.96. The molecule has 1 aromatic carbocycles. The fourth-order valence-electron chi connectivity index (χ4n) is 1.45. The fourth-order valence-corrected chi connectivity index (χ4v) is 1.45. The lowest BCUT2D eigenvalue weighted by molar-refractivity contribution is 0.276. The number of ether oxygens (including phenoxy) is 1. The van der Waals surface area contributed by atoms with Crippen LogP contribution < -0.4 is 9.64 Å². The number of nitrogens with zero attached hydrogens (tertiary/aromatic N) is 3. The molecule has 18 heavy (non-hydrogen) atoms. The van der Waals surface area contributed by atoms with Crippen LogP contribution in [0.5, 0.6) is 11.6 Å². The Hall–Kier alpha value is -2.14. The van der Waals surface area contributed by atoms with E-state index in [2.05, 4.69) is 9.97 Å². The predicted molar refractivity (Wildman–Crippen MR) is 68.8 cm³/mol. The van der Waals surface area contributed by atoms with Crippen LogP contribution in [0.4, 0.5) is 5.95 Å². The van der Waals surface area contributed by atoms with Gasteiger partial charge in [0.05, 0.1) is 6.61 Å². The molecule has 1 aromatic heterocycles. The van der Waals surface area contributed by atoms with Crippen molar-refractivity contribution in [1.29, 1.82) is 0 Å². The van der Waals surface area contributed by atoms with Crippen molar-refractivity contribution in [3.63, 3.8) is 0 Å². The smallest absolute Gasteiger partial charge is 0.228 e. The standard InChI is InChI=1S/C13H15N3O2/c1-16(2)13-14-8-7-12(15-13)18-11-6-4-3-5-10(11)9-17/h3-8,17H,9H2,1-2H3. The van der Waals surface area contributed by atoms with E-state index in [1.807, 2.05) is 32.3 Å². The van der Waals surface area contributed by atoms with Crippen molar-refractivity contribution in [1.82, 2.24) is 9.97 Å². The lowest BCUT2D eigenvalue weighted by Crippen LogP contribution is -2.12. The minimum atomic E-state index is -0.0677. The van der Waals surface area contributed by atoms with E-state index in [1.165, 1.54) is 0 Å². The lowest BCUT2D eigenvalue weighted by Gasteiger charge is -2.12. The van der Waals surface area contributed by atoms with E-state index >= 15 is 0 Å². The molecule has 0 saturated carbocycles. The number of rotatable bonds is 4. The average Bonchev–Trinajstić information content (AvgIpc) is 2.39. The molecular formula is C13H15N3O2. The largest absolute Gasteiger partial charge is 0.438 e. The molecule has 1 N–H and O–H groups in total. The lowest BCUT2D eigenvalue weighted by atomic mass is 10.2. The van der Waals surface area contributed by atoms with E-state index in [-0.39, 0.29) is 6.61 Å². The number of hydrogen-bond donors (Lipinski definition) is 1. The predicted octanol–water partition coefficient (Wildman–Crippen LogP) is 1.83. The van der Waals surface area contributed by atoms with E-state index in [0.29, 0.717) is 17.6 Å². The van der Waals surface area contributed by atoms with Crippen LogP contribution in [0.15, 0.2) is 36.5 Å². The van der Waals surface area contributed by atoms with Gasteiger partial charge in [-0.25, -0.2) is 4.98 Å². The van der Waals surface area contributed by atoms with Gasteiger partial charge in [0, 0.05) is 31.9 Å². The van der Waals surface area contributed by atoms with Crippen molar-refractivity contribution >= 4 is 5.95 Å². The summed E-state index contributed by atoms with van der Waals surface area (Å²) in [6, 6.07) is 8.99. The average molecular weight is 245 g/mol. The van der Waals surface area contributed by atoms with Gasteiger partial charge in [-0.3, -0.25) is 0 Å². The highest BCUT2D eigenvalue weighted by Gasteiger charge is 2.06. The summed E-state index contributed by atoms with van der Waals surface area (Å²) in [5, 5.41) is 9.22. The van der Waals surface area contributed by atoms with Crippen LogP contribution in [-0.4, -0.2) is 29.2 Å². The maximum atomic E-state index is 9.22. The van der Waals surface area contributed by atoms with Gasteiger partial charge in [-0.1, -0.05) is 18.2 Å². The molecule has 0 bridgehead atoms. The molecule has 0 aliphatic rings. The summed E-state index contributed by atoms with van der Waals surface area (Å²) < 4.78 is 5.65. The maximum absolute atomic E-state index is 9.22. The van der Waals surface area contributed by atoms with Crippen molar-refractivity contribution in [2.24, 2.45) is 0 Å². The zero-order chi connectivity index (χ0) is 13.0. The Labute approximate surface area is 106 Å². The van der Waals surface area contributed by atoms with Crippen LogP contribution in [0.25, 0.3) is 0 Å². The number of para-hydroxylation sites is 1. The second-order valence-corrected chi connectivity index (χ2v) is 3.96. The molecule has 0 saturated heterocycles. The number of aliphatic hydroxyl groups is 1. The highest BCUT2D eigenvalue weighted by atomic mass is 16.5. The molecule has 0 amide bonds. The molecule has 0 spiro atoms. The first-order valence-corrected chi connectivity index (χ1v) is 5.57. The molecule has 2 rings (SSSR count). The minimum absolute atomic E-state index is 0.0677. The summed E-state index contributed by atoms with van der Waals surface area (Å²) in [6.45, 7) is -0.0677. The zero-order valence-corrected chi connectivity index (χ0v) is 10.4. The molecule has 1 heterocycles. The summed E-state index contributed by atoms with van der Waals surface area (Å²) in [6.07, 6.45) is 1.64. The number of aromatic nitrogens is 2. The number of aliphatic hydroxyl groups excluding tert-OH is 1. The summed E-state index contributed by atoms with van der Waals surface area (Å²) in [7, 11) is 3.72. The quantitative estimate of drug-likeness (QED) is 0.890. The Morgan fingerprint density at radius 1 is 1.22 bits per heavy atom. The Morgan fingerprint density at radius 3 is 2.72 bits per heavy atom. The molecule has 94 valence electrons. The van der Waals surface area contributed by atoms with Crippen molar-refractivity contribution < 1.29 is 9.84 Å². The third kappa shape index (κ3) is 2.75. The van der Waals surface area contributed by atoms with E-state index in [9.17, 15) is 5.11 Å². The van der Waals surface area contributed by atoms with Gasteiger partial charge in [0.2, 0.25) is 11.8 Å². The number of hydrogen-bond acceptors (Lipinski definition) is 5. The summed E-state index contributed by atoms with van der Waals surface area (Å²) in [5.41, 5.74) is 0.725. The zero-order valence-electron chi connectivity index (χ0n) is 10.4. The molecule has 2 aromatic rings. The summed E-state index contributed by atoms with van der Waals surface area (Å²) >= 11 is 0. The van der Waals surface area contributed by atoms with Gasteiger partial charge in [-0.2, -0.15) is 4.98 Å². The molecule has 5 nitrogen and oxygen atoms in total. The number of benzene rings is 1. The Balaban J connectivity index is 2.25. The summed E-state index contributed by atoms with van der Waals surface area (Å²) in [4.78, 5) is 10.2. The van der Waals surface area contributed by atoms with Crippen LogP contribution in [0.1, 0.15) is 5.56 Å². The van der Waals surface area contributed by atoms with Crippen molar-refractivity contribution in [2.75, 3.05) is 19.0 Å². The first-order valence-electron chi connectivity index (χ1n) is 5.57. The maximum Gasteiger partial charge on any atom is 0.228 e. The second kappa shape index (κ2) is 5.46. The minimum Gasteiger partial charge on any atom is -0.438 e. The normalized spacial score (nSPS) is 10.2. The van der Waals surface area contributed by atoms with Gasteiger partial charge in [-0.05, 0) is 6.07 Å². The highest BCUT2D eigenvalue weighted by molar-refractivity contribution is 5.37. The SMILES string of the molecule is CN(C)c1nccc(Oc2ccccc2CO)n1. The third-order valence-electron chi connectivity index (χ3n) is 2.37. The first kappa shape index (κ1) is 12.3. The summed E-state index contributed by atoms with van der Waals surface area (Å²) in [5.74, 6) is 1.63. The van der Waals surface area contributed by atoms with E-state index < -0.39 is 0 Å². The molecule has 0 radical (unpaired) electrons. The first-order chi connectivity index (χ1) is 8.70. The van der Waals surface area contributed by atoms with Gasteiger partial charge in [0.15, 0.2) is 0 Å². The monoisotopic (exact) mass is 245 g/mol. The van der Waals surface area contributed by atoms with Crippen molar-refractivity contribution in [2.45, 2.75) is 6.61 Å². The van der Waals surface area contributed by atoms with Gasteiger partial charge < -0.3 is 14.7 Å². The van der Waals surface area contributed by atoms with Gasteiger partial charge in [-0.15, -0.1) is 0 Å². The van der Waals surface area contributed by atoms with Crippen molar-refractivity contribution in [3.8, 4) is 11.6 Å². The molecular weight excluding hydrogens is 230 g/mol. The van der Waals surface area contributed by atoms with Crippen LogP contribution in [0.2, 0.25) is 0 Å². The van der Waals surface area contributed by atoms with Gasteiger partial charge in [0.1, 0.15) is 5.75 Å². The fraction of sp³-hybridized carbons (Fsp3) is 0.231. The van der Waals surface area contributed by atoms with Crippen LogP contribution in [0.3, 0.4) is 0 Å². The van der Waals surface area contributed by atoms with Crippen LogP contribution in [-0.2, 0) is 6.61 Å². The van der Waals surface area contributed by atoms with Crippen LogP contribution >= 0.6 is 0 Å². The van der Waals surface area contributed by atoms with E-state index in [1.54, 1.807) is 23.2 Å². The highest BCUT2D eigenvalue weighted by Crippen LogP contribution is 2.24. The van der Waals surface area contributed by atoms with Crippen molar-refractivity contribution in [3.05, 3.63) is 42.1 Å². The molecule has 0 unspecified atom stereocenters. The molecule has 0 aliphatic carbocycles. The Bertz CT molecular complexity index is 529.